The summed E-state index contributed by atoms with van der Waals surface area (Å²) in [4.78, 5) is 18.6. The van der Waals surface area contributed by atoms with E-state index in [-0.39, 0.29) is 16.8 Å². The Bertz CT molecular complexity index is 1490. The van der Waals surface area contributed by atoms with Gasteiger partial charge in [0.15, 0.2) is 0 Å². The first-order chi connectivity index (χ1) is 18.7. The largest absolute Gasteiger partial charge is 0.497 e. The number of hydrogen-bond acceptors (Lipinski definition) is 6. The Kier molecular flexibility index (Phi) is 8.93. The van der Waals surface area contributed by atoms with Gasteiger partial charge in [-0.3, -0.25) is 9.52 Å². The van der Waals surface area contributed by atoms with Gasteiger partial charge in [0.1, 0.15) is 5.75 Å². The van der Waals surface area contributed by atoms with Gasteiger partial charge >= 0.3 is 0 Å². The summed E-state index contributed by atoms with van der Waals surface area (Å²) in [6, 6.07) is 25.3. The maximum Gasteiger partial charge on any atom is 0.261 e. The van der Waals surface area contributed by atoms with Crippen molar-refractivity contribution in [1.82, 2.24) is 4.90 Å². The molecule has 39 heavy (non-hydrogen) atoms. The third-order valence-corrected chi connectivity index (χ3v) is 8.77. The monoisotopic (exact) mass is 563 g/mol. The van der Waals surface area contributed by atoms with Crippen molar-refractivity contribution in [3.63, 3.8) is 0 Å². The number of ether oxygens (including phenoxy) is 1. The van der Waals surface area contributed by atoms with Crippen LogP contribution in [0.2, 0.25) is 0 Å². The second kappa shape index (κ2) is 12.4. The van der Waals surface area contributed by atoms with Crippen molar-refractivity contribution < 1.29 is 17.9 Å². The Morgan fingerprint density at radius 3 is 2.31 bits per heavy atom. The maximum absolute atomic E-state index is 13.7. The van der Waals surface area contributed by atoms with Crippen LogP contribution in [0.4, 0.5) is 11.4 Å². The van der Waals surface area contributed by atoms with E-state index >= 15 is 0 Å². The number of anilines is 2. The molecule has 4 aromatic rings. The molecule has 9 heteroatoms. The third-order valence-electron chi connectivity index (χ3n) is 6.50. The molecule has 0 spiro atoms. The molecule has 3 aromatic carbocycles. The topological polar surface area (TPSA) is 79.0 Å². The molecule has 1 heterocycles. The van der Waals surface area contributed by atoms with Gasteiger partial charge in [0.05, 0.1) is 24.5 Å². The van der Waals surface area contributed by atoms with Gasteiger partial charge < -0.3 is 14.5 Å². The van der Waals surface area contributed by atoms with Crippen molar-refractivity contribution >= 4 is 38.6 Å². The zero-order valence-corrected chi connectivity index (χ0v) is 24.1. The molecule has 7 nitrogen and oxygen atoms in total. The van der Waals surface area contributed by atoms with E-state index in [1.807, 2.05) is 84.7 Å². The number of amides is 1. The predicted octanol–water partition coefficient (Wildman–Crippen LogP) is 5.96. The quantitative estimate of drug-likeness (QED) is 0.244. The number of nitrogens with one attached hydrogen (secondary N) is 1. The average Bonchev–Trinajstić information content (AvgIpc) is 3.44. The van der Waals surface area contributed by atoms with Crippen LogP contribution in [0.5, 0.6) is 5.75 Å². The van der Waals surface area contributed by atoms with Gasteiger partial charge in [0.25, 0.3) is 10.0 Å². The molecule has 0 saturated heterocycles. The first-order valence-corrected chi connectivity index (χ1v) is 14.9. The van der Waals surface area contributed by atoms with E-state index in [1.165, 1.54) is 19.2 Å². The summed E-state index contributed by atoms with van der Waals surface area (Å²) in [5, 5.41) is 1.97. The molecule has 1 atom stereocenters. The Balaban J connectivity index is 1.67. The van der Waals surface area contributed by atoms with Crippen molar-refractivity contribution in [2.75, 3.05) is 30.8 Å². The standard InChI is InChI=1S/C30H33N3O4S2/c1-22(23-9-6-5-7-10-23)33(30(34)20-27-11-8-18-38-27)21-24-19-25(12-17-29(24)32(2)3)31-39(35,36)28-15-13-26(37-4)14-16-28/h5-19,22,31H,20-21H2,1-4H3. The van der Waals surface area contributed by atoms with E-state index in [9.17, 15) is 13.2 Å². The van der Waals surface area contributed by atoms with Gasteiger partial charge in [0.2, 0.25) is 5.91 Å². The highest BCUT2D eigenvalue weighted by atomic mass is 32.2. The van der Waals surface area contributed by atoms with Crippen LogP contribution < -0.4 is 14.4 Å². The first kappa shape index (κ1) is 28.2. The van der Waals surface area contributed by atoms with Crippen LogP contribution in [0.15, 0.2) is 95.2 Å². The highest BCUT2D eigenvalue weighted by molar-refractivity contribution is 7.92. The van der Waals surface area contributed by atoms with Crippen LogP contribution in [0, 0.1) is 0 Å². The van der Waals surface area contributed by atoms with E-state index in [0.717, 1.165) is 21.7 Å². The molecule has 0 aliphatic carbocycles. The minimum atomic E-state index is -3.82. The lowest BCUT2D eigenvalue weighted by Gasteiger charge is -2.31. The summed E-state index contributed by atoms with van der Waals surface area (Å²) in [5.74, 6) is 0.578. The van der Waals surface area contributed by atoms with Crippen LogP contribution in [-0.4, -0.2) is 40.4 Å². The fourth-order valence-electron chi connectivity index (χ4n) is 4.38. The molecule has 0 aliphatic heterocycles. The lowest BCUT2D eigenvalue weighted by atomic mass is 10.0. The molecule has 0 saturated carbocycles. The van der Waals surface area contributed by atoms with Crippen LogP contribution in [0.1, 0.15) is 29.0 Å². The number of thiophene rings is 1. The number of sulfonamides is 1. The smallest absolute Gasteiger partial charge is 0.261 e. The van der Waals surface area contributed by atoms with E-state index in [1.54, 1.807) is 35.6 Å². The second-order valence-corrected chi connectivity index (χ2v) is 12.1. The Hall–Kier alpha value is -3.82. The zero-order valence-electron chi connectivity index (χ0n) is 22.5. The van der Waals surface area contributed by atoms with Crippen LogP contribution in [0.25, 0.3) is 0 Å². The summed E-state index contributed by atoms with van der Waals surface area (Å²) < 4.78 is 34.0. The Morgan fingerprint density at radius 2 is 1.69 bits per heavy atom. The van der Waals surface area contributed by atoms with E-state index in [0.29, 0.717) is 24.4 Å². The summed E-state index contributed by atoms with van der Waals surface area (Å²) in [6.07, 6.45) is 0.302. The fourth-order valence-corrected chi connectivity index (χ4v) is 6.13. The number of carbonyl (C=O) groups excluding carboxylic acids is 1. The molecular formula is C30H33N3O4S2. The number of carbonyl (C=O) groups is 1. The SMILES string of the molecule is COc1ccc(S(=O)(=O)Nc2ccc(N(C)C)c(CN(C(=O)Cc3cccs3)C(C)c3ccccc3)c2)cc1. The number of benzene rings is 3. The highest BCUT2D eigenvalue weighted by Gasteiger charge is 2.24. The van der Waals surface area contributed by atoms with Crippen molar-refractivity contribution in [2.24, 2.45) is 0 Å². The molecule has 0 radical (unpaired) electrons. The minimum absolute atomic E-state index is 0.00252. The lowest BCUT2D eigenvalue weighted by molar-refractivity contribution is -0.133. The van der Waals surface area contributed by atoms with E-state index < -0.39 is 10.0 Å². The number of hydrogen-bond donors (Lipinski definition) is 1. The molecular weight excluding hydrogens is 530 g/mol. The van der Waals surface area contributed by atoms with Gasteiger partial charge in [-0.15, -0.1) is 11.3 Å². The molecule has 0 fully saturated rings. The number of nitrogens with zero attached hydrogens (tertiary/aromatic N) is 2. The summed E-state index contributed by atoms with van der Waals surface area (Å²) in [5.41, 5.74) is 3.18. The van der Waals surface area contributed by atoms with Crippen molar-refractivity contribution in [1.29, 1.82) is 0 Å². The van der Waals surface area contributed by atoms with E-state index in [4.69, 9.17) is 4.74 Å². The molecule has 1 aromatic heterocycles. The number of methoxy groups -OCH3 is 1. The Morgan fingerprint density at radius 1 is 0.974 bits per heavy atom. The van der Waals surface area contributed by atoms with Gasteiger partial charge in [-0.05, 0) is 72.0 Å². The molecule has 1 unspecified atom stereocenters. The molecule has 1 N–H and O–H groups in total. The average molecular weight is 564 g/mol. The molecule has 0 bridgehead atoms. The van der Waals surface area contributed by atoms with Crippen LogP contribution in [-0.2, 0) is 27.8 Å². The van der Waals surface area contributed by atoms with Gasteiger partial charge in [0, 0.05) is 36.9 Å². The van der Waals surface area contributed by atoms with Gasteiger partial charge in [-0.2, -0.15) is 0 Å². The summed E-state index contributed by atoms with van der Waals surface area (Å²) in [6.45, 7) is 2.33. The Labute approximate surface area is 234 Å². The molecule has 0 aliphatic rings. The highest BCUT2D eigenvalue weighted by Crippen LogP contribution is 2.30. The third kappa shape index (κ3) is 6.99. The minimum Gasteiger partial charge on any atom is -0.497 e. The summed E-state index contributed by atoms with van der Waals surface area (Å²) in [7, 11) is 1.56. The second-order valence-electron chi connectivity index (χ2n) is 9.38. The van der Waals surface area contributed by atoms with Crippen LogP contribution >= 0.6 is 11.3 Å². The zero-order chi connectivity index (χ0) is 28.0. The van der Waals surface area contributed by atoms with Gasteiger partial charge in [-0.1, -0.05) is 36.4 Å². The number of rotatable bonds is 11. The molecule has 4 rings (SSSR count). The lowest BCUT2D eigenvalue weighted by Crippen LogP contribution is -2.34. The van der Waals surface area contributed by atoms with Crippen molar-refractivity contribution in [3.8, 4) is 5.75 Å². The fraction of sp³-hybridized carbons (Fsp3) is 0.233. The van der Waals surface area contributed by atoms with Gasteiger partial charge in [-0.25, -0.2) is 8.42 Å². The first-order valence-electron chi connectivity index (χ1n) is 12.5. The van der Waals surface area contributed by atoms with Crippen molar-refractivity contribution in [2.45, 2.75) is 30.8 Å². The molecule has 204 valence electrons. The normalized spacial score (nSPS) is 12.0. The maximum atomic E-state index is 13.7. The summed E-state index contributed by atoms with van der Waals surface area (Å²) >= 11 is 1.56. The van der Waals surface area contributed by atoms with Crippen LogP contribution in [0.3, 0.4) is 0 Å². The predicted molar refractivity (Wildman–Crippen MR) is 158 cm³/mol. The van der Waals surface area contributed by atoms with Crippen molar-refractivity contribution in [3.05, 3.63) is 106 Å². The molecule has 1 amide bonds. The van der Waals surface area contributed by atoms with E-state index in [2.05, 4.69) is 4.72 Å².